The highest BCUT2D eigenvalue weighted by atomic mass is 16.5. The van der Waals surface area contributed by atoms with Gasteiger partial charge < -0.3 is 18.9 Å². The second-order valence-electron chi connectivity index (χ2n) is 27.9. The number of pyridine rings is 2. The number of hydrogen-bond donors (Lipinski definition) is 0. The van der Waals surface area contributed by atoms with Crippen LogP contribution in [-0.2, 0) is 0 Å². The van der Waals surface area contributed by atoms with Gasteiger partial charge in [0.05, 0.1) is 41.3 Å². The van der Waals surface area contributed by atoms with Crippen molar-refractivity contribution in [1.29, 1.82) is 0 Å². The van der Waals surface area contributed by atoms with E-state index in [1.165, 1.54) is 180 Å². The third-order valence-electron chi connectivity index (χ3n) is 18.4. The molecule has 122 heavy (non-hydrogen) atoms. The molecule has 0 bridgehead atoms. The first-order valence-corrected chi connectivity index (χ1v) is 42.4. The lowest BCUT2D eigenvalue weighted by molar-refractivity contribution is 0.294. The van der Waals surface area contributed by atoms with E-state index in [4.69, 9.17) is 41.8 Å². The van der Waals surface area contributed by atoms with Crippen molar-refractivity contribution in [2.24, 2.45) is 0 Å². The number of terminal acetylenes is 2. The number of benzene rings is 4. The first-order chi connectivity index (χ1) is 60.4. The van der Waals surface area contributed by atoms with E-state index in [1.807, 2.05) is 79.7 Å². The van der Waals surface area contributed by atoms with Gasteiger partial charge in [0, 0.05) is 142 Å². The summed E-state index contributed by atoms with van der Waals surface area (Å²) >= 11 is 0. The van der Waals surface area contributed by atoms with Gasteiger partial charge in [0.1, 0.15) is 23.7 Å². The Balaban J connectivity index is 1.21. The zero-order chi connectivity index (χ0) is 85.9. The minimum absolute atomic E-state index is 0.240. The summed E-state index contributed by atoms with van der Waals surface area (Å²) in [5, 5.41) is 0. The highest BCUT2D eigenvalue weighted by Gasteiger charge is 2.13. The van der Waals surface area contributed by atoms with Gasteiger partial charge >= 0.3 is 0 Å². The Kier molecular flexibility index (Phi) is 51.5. The van der Waals surface area contributed by atoms with E-state index in [0.717, 1.165) is 76.1 Å². The van der Waals surface area contributed by atoms with E-state index < -0.39 is 0 Å². The molecule has 0 amide bonds. The molecule has 0 N–H and O–H groups in total. The number of nitrogens with zero attached hydrogens (tertiary/aromatic N) is 2. The molecule has 598 valence electrons. The molecular weight excluding hydrogens is 1490 g/mol. The maximum absolute atomic E-state index is 6.55. The number of aromatic nitrogens is 2. The Morgan fingerprint density at radius 3 is 0.828 bits per heavy atom. The van der Waals surface area contributed by atoms with Crippen molar-refractivity contribution >= 4 is 0 Å². The van der Waals surface area contributed by atoms with Gasteiger partial charge in [-0.15, -0.1) is 18.8 Å². The number of aryl methyl sites for hydroxylation is 1. The molecule has 0 atom stereocenters. The number of ether oxygens (including phenoxy) is 4. The Morgan fingerprint density at radius 1 is 0.262 bits per heavy atom. The molecular formula is C116H100N2O4. The van der Waals surface area contributed by atoms with E-state index in [-0.39, 0.29) is 11.5 Å². The summed E-state index contributed by atoms with van der Waals surface area (Å²) in [6.45, 7) is 9.77. The van der Waals surface area contributed by atoms with E-state index in [2.05, 4.69) is 282 Å². The third-order valence-corrected chi connectivity index (χ3v) is 18.4. The minimum Gasteiger partial charge on any atom is -0.493 e. The van der Waals surface area contributed by atoms with Crippen molar-refractivity contribution in [1.82, 2.24) is 9.97 Å². The van der Waals surface area contributed by atoms with Crippen LogP contribution in [0.15, 0.2) is 109 Å². The number of rotatable bonds is 40. The molecule has 0 fully saturated rings. The van der Waals surface area contributed by atoms with Gasteiger partial charge in [-0.1, -0.05) is 272 Å². The number of unbranched alkanes of at least 4 members (excludes halogenated alkanes) is 30. The normalized spacial score (nSPS) is 8.77. The summed E-state index contributed by atoms with van der Waals surface area (Å²) in [4.78, 5) is 9.60. The van der Waals surface area contributed by atoms with Crippen LogP contribution >= 0.6 is 0 Å². The number of hydrogen-bond acceptors (Lipinski definition) is 6. The molecule has 4 aromatic carbocycles. The van der Waals surface area contributed by atoms with Crippen molar-refractivity contribution in [2.45, 2.75) is 233 Å². The fourth-order valence-electron chi connectivity index (χ4n) is 12.0. The SMILES string of the molecule is C#CC#CC#CC#CC#CC#CC#CC#CC#COc1cc(C#Cc2ccc(-c3ccc(C#Cc4cc(OCCCCCCCCCCCCCCCCCC)c(C)cc4OCCCCCCCCCCCCCCCCCC)cn3)nc2)c(OC#CC#CC#CC#CC#CC#CC#CC#CC#C)cc1C#Cc1ccc(-c2ccc(C#CC)cc2)cc1. The molecule has 6 rings (SSSR count). The molecule has 0 aliphatic rings. The summed E-state index contributed by atoms with van der Waals surface area (Å²) < 4.78 is 25.2. The zero-order valence-electron chi connectivity index (χ0n) is 71.1. The average molecular weight is 1590 g/mol. The summed E-state index contributed by atoms with van der Waals surface area (Å²) in [5.74, 6) is 109. The van der Waals surface area contributed by atoms with Gasteiger partial charge in [-0.05, 0) is 199 Å². The van der Waals surface area contributed by atoms with Crippen LogP contribution in [0.25, 0.3) is 22.5 Å². The van der Waals surface area contributed by atoms with E-state index in [9.17, 15) is 0 Å². The molecule has 0 aliphatic heterocycles. The van der Waals surface area contributed by atoms with Crippen LogP contribution < -0.4 is 18.9 Å². The van der Waals surface area contributed by atoms with Gasteiger partial charge in [-0.2, -0.15) is 0 Å². The van der Waals surface area contributed by atoms with Crippen LogP contribution in [0.5, 0.6) is 23.0 Å². The monoisotopic (exact) mass is 1580 g/mol. The summed E-state index contributed by atoms with van der Waals surface area (Å²) in [7, 11) is 0. The average Bonchev–Trinajstić information content (AvgIpc) is 0.835. The van der Waals surface area contributed by atoms with E-state index >= 15 is 0 Å². The fraction of sp³-hybridized carbons (Fsp3) is 0.328. The van der Waals surface area contributed by atoms with Gasteiger partial charge in [0.25, 0.3) is 0 Å². The van der Waals surface area contributed by atoms with Crippen LogP contribution in [0.3, 0.4) is 0 Å². The molecule has 0 radical (unpaired) electrons. The van der Waals surface area contributed by atoms with E-state index in [0.29, 0.717) is 41.3 Å². The molecule has 0 spiro atoms. The highest BCUT2D eigenvalue weighted by molar-refractivity contribution is 5.67. The molecule has 0 aliphatic carbocycles. The lowest BCUT2D eigenvalue weighted by atomic mass is 10.0. The van der Waals surface area contributed by atoms with Crippen LogP contribution in [-0.4, -0.2) is 23.2 Å². The molecule has 0 unspecified atom stereocenters. The van der Waals surface area contributed by atoms with Crippen molar-refractivity contribution < 1.29 is 18.9 Å². The van der Waals surface area contributed by atoms with Gasteiger partial charge in [0.2, 0.25) is 0 Å². The molecule has 0 saturated heterocycles. The Morgan fingerprint density at radius 2 is 0.525 bits per heavy atom. The lowest BCUT2D eigenvalue weighted by Crippen LogP contribution is -2.03. The maximum atomic E-state index is 6.55. The maximum Gasteiger partial charge on any atom is 0.157 e. The molecule has 6 heteroatoms. The first kappa shape index (κ1) is 95.5. The predicted molar refractivity (Wildman–Crippen MR) is 501 cm³/mol. The molecule has 2 aromatic heterocycles. The topological polar surface area (TPSA) is 62.7 Å². The smallest absolute Gasteiger partial charge is 0.157 e. The second-order valence-corrected chi connectivity index (χ2v) is 27.9. The standard InChI is InChI=1S/C116H100N2O4/c1-7-12-16-20-24-28-32-36-40-44-48-52-56-60-64-68-91-119-113-96-108(114(95-101(113)6)120-92-69-65-61-57-53-49-45-41-37-33-29-25-21-17-13-8-2)87-78-104-80-89-111(117-99-104)112-90-81-105(100-118-112)79-88-110-98-115(121-93-70-66-62-58-54-50-46-42-38-34-30-26-22-18-14-9-3)109(86-77-103-75-84-107(85-76-103)106-82-73-102(72-11-5)74-83-106)97-116(110)122-94-71-67-63-59-55-51-47-43-39-35-31-27-23-19-15-10-4/h3-4,73-76,80-85,89-90,95-100H,7-8,12-13,16-17,20-21,24-25,28-29,32-33,36-37,40-41,44-45,48-49,52-53,56-57,60-61,64-65,68-69,91-92H2,1-2,5-6H3. The first-order valence-electron chi connectivity index (χ1n) is 42.4. The molecule has 6 aromatic rings. The van der Waals surface area contributed by atoms with Crippen LogP contribution in [0.1, 0.15) is 271 Å². The lowest BCUT2D eigenvalue weighted by Gasteiger charge is -2.14. The summed E-state index contributed by atoms with van der Waals surface area (Å²) in [6.07, 6.45) is 61.2. The van der Waals surface area contributed by atoms with E-state index in [1.54, 1.807) is 24.5 Å². The zero-order valence-corrected chi connectivity index (χ0v) is 71.1. The predicted octanol–water partition coefficient (Wildman–Crippen LogP) is 22.0. The summed E-state index contributed by atoms with van der Waals surface area (Å²) in [5.41, 5.74) is 8.91. The van der Waals surface area contributed by atoms with Gasteiger partial charge in [-0.3, -0.25) is 9.97 Å². The minimum atomic E-state index is 0.240. The largest absolute Gasteiger partial charge is 0.493 e. The van der Waals surface area contributed by atoms with Gasteiger partial charge in [-0.25, -0.2) is 0 Å². The van der Waals surface area contributed by atoms with Crippen LogP contribution in [0.4, 0.5) is 0 Å². The Labute approximate surface area is 732 Å². The van der Waals surface area contributed by atoms with Crippen LogP contribution in [0, 0.1) is 269 Å². The Hall–Kier alpha value is -15.3. The third kappa shape index (κ3) is 44.7. The molecule has 0 saturated carbocycles. The molecule has 6 nitrogen and oxygen atoms in total. The van der Waals surface area contributed by atoms with Crippen molar-refractivity contribution in [3.05, 3.63) is 154 Å². The van der Waals surface area contributed by atoms with Gasteiger partial charge in [0.15, 0.2) is 11.5 Å². The van der Waals surface area contributed by atoms with Crippen molar-refractivity contribution in [3.63, 3.8) is 0 Å². The quantitative estimate of drug-likeness (QED) is 0.0282. The van der Waals surface area contributed by atoms with Crippen molar-refractivity contribution in [2.75, 3.05) is 13.2 Å². The summed E-state index contributed by atoms with van der Waals surface area (Å²) in [6, 6.07) is 31.0. The highest BCUT2D eigenvalue weighted by Crippen LogP contribution is 2.32. The van der Waals surface area contributed by atoms with Crippen molar-refractivity contribution in [3.8, 4) is 307 Å². The Bertz CT molecular complexity index is 5930. The molecule has 2 heterocycles. The second kappa shape index (κ2) is 65.8. The fourth-order valence-corrected chi connectivity index (χ4v) is 12.0. The van der Waals surface area contributed by atoms with Crippen LogP contribution in [0.2, 0.25) is 0 Å².